The van der Waals surface area contributed by atoms with Gasteiger partial charge < -0.3 is 14.2 Å². The molecular formula is C18H21NO4S2. The molecule has 5 nitrogen and oxygen atoms in total. The molecule has 1 atom stereocenters. The topological polar surface area (TPSA) is 48.0 Å². The Labute approximate surface area is 157 Å². The number of benzene rings is 1. The van der Waals surface area contributed by atoms with E-state index >= 15 is 0 Å². The van der Waals surface area contributed by atoms with Crippen LogP contribution in [0, 0.1) is 0 Å². The zero-order chi connectivity index (χ0) is 17.8. The van der Waals surface area contributed by atoms with Crippen LogP contribution in [0.15, 0.2) is 23.1 Å². The molecule has 2 heterocycles. The fourth-order valence-corrected chi connectivity index (χ4v) is 4.12. The molecule has 2 fully saturated rings. The highest BCUT2D eigenvalue weighted by atomic mass is 32.2. The zero-order valence-electron chi connectivity index (χ0n) is 14.3. The monoisotopic (exact) mass is 379 g/mol. The van der Waals surface area contributed by atoms with E-state index < -0.39 is 0 Å². The van der Waals surface area contributed by atoms with Crippen molar-refractivity contribution in [3.8, 4) is 11.5 Å². The van der Waals surface area contributed by atoms with Gasteiger partial charge in [-0.2, -0.15) is 0 Å². The van der Waals surface area contributed by atoms with E-state index in [2.05, 4.69) is 0 Å². The van der Waals surface area contributed by atoms with Gasteiger partial charge in [0.1, 0.15) is 4.32 Å². The maximum absolute atomic E-state index is 12.7. The van der Waals surface area contributed by atoms with Crippen molar-refractivity contribution in [3.05, 3.63) is 28.7 Å². The van der Waals surface area contributed by atoms with E-state index in [0.717, 1.165) is 25.0 Å². The first-order valence-electron chi connectivity index (χ1n) is 8.30. The number of amides is 1. The van der Waals surface area contributed by atoms with Crippen LogP contribution in [0.1, 0.15) is 25.3 Å². The number of hydrogen-bond donors (Lipinski definition) is 0. The number of thiocarbonyl (C=S) groups is 1. The second kappa shape index (κ2) is 8.21. The molecule has 0 radical (unpaired) electrons. The maximum atomic E-state index is 12.7. The summed E-state index contributed by atoms with van der Waals surface area (Å²) in [5, 5.41) is 0. The van der Waals surface area contributed by atoms with E-state index in [-0.39, 0.29) is 12.0 Å². The standard InChI is InChI=1S/C18H21NO4S2/c1-3-22-14-7-6-12(9-15(14)21-2)10-16-17(20)19(18(24)25-16)11-13-5-4-8-23-13/h6-7,9-10,13H,3-5,8,11H2,1-2H3/b16-10-/t13-/m1/s1. The summed E-state index contributed by atoms with van der Waals surface area (Å²) < 4.78 is 17.1. The van der Waals surface area contributed by atoms with E-state index in [4.69, 9.17) is 26.4 Å². The second-order valence-electron chi connectivity index (χ2n) is 5.77. The Bertz CT molecular complexity index is 698. The number of methoxy groups -OCH3 is 1. The molecule has 0 unspecified atom stereocenters. The molecule has 2 saturated heterocycles. The van der Waals surface area contributed by atoms with Crippen molar-refractivity contribution in [1.82, 2.24) is 4.90 Å². The van der Waals surface area contributed by atoms with Gasteiger partial charge in [-0.15, -0.1) is 0 Å². The molecule has 0 aliphatic carbocycles. The van der Waals surface area contributed by atoms with Gasteiger partial charge in [-0.1, -0.05) is 30.0 Å². The largest absolute Gasteiger partial charge is 0.493 e. The van der Waals surface area contributed by atoms with Crippen LogP contribution < -0.4 is 9.47 Å². The lowest BCUT2D eigenvalue weighted by Gasteiger charge is -2.18. The minimum absolute atomic E-state index is 0.0571. The number of carbonyl (C=O) groups excluding carboxylic acids is 1. The average molecular weight is 380 g/mol. The summed E-state index contributed by atoms with van der Waals surface area (Å²) in [6.07, 6.45) is 3.95. The third-order valence-electron chi connectivity index (χ3n) is 4.07. The van der Waals surface area contributed by atoms with Gasteiger partial charge in [0.2, 0.25) is 0 Å². The van der Waals surface area contributed by atoms with Gasteiger partial charge in [-0.25, -0.2) is 0 Å². The van der Waals surface area contributed by atoms with E-state index in [1.165, 1.54) is 11.8 Å². The van der Waals surface area contributed by atoms with Gasteiger partial charge in [0.25, 0.3) is 5.91 Å². The van der Waals surface area contributed by atoms with Crippen LogP contribution in [0.4, 0.5) is 0 Å². The molecule has 2 aliphatic heterocycles. The van der Waals surface area contributed by atoms with E-state index in [1.54, 1.807) is 12.0 Å². The van der Waals surface area contributed by atoms with E-state index in [9.17, 15) is 4.79 Å². The Balaban J connectivity index is 1.77. The molecule has 1 aromatic rings. The molecule has 1 amide bonds. The third-order valence-corrected chi connectivity index (χ3v) is 5.45. The van der Waals surface area contributed by atoms with Crippen LogP contribution in [0.5, 0.6) is 11.5 Å². The highest BCUT2D eigenvalue weighted by Crippen LogP contribution is 2.35. The van der Waals surface area contributed by atoms with Crippen LogP contribution in [0.25, 0.3) is 6.08 Å². The highest BCUT2D eigenvalue weighted by molar-refractivity contribution is 8.26. The smallest absolute Gasteiger partial charge is 0.266 e. The van der Waals surface area contributed by atoms with Crippen molar-refractivity contribution < 1.29 is 19.0 Å². The van der Waals surface area contributed by atoms with E-state index in [0.29, 0.717) is 33.9 Å². The molecular weight excluding hydrogens is 358 g/mol. The van der Waals surface area contributed by atoms with Gasteiger partial charge in [-0.05, 0) is 43.5 Å². The Morgan fingerprint density at radius 2 is 2.28 bits per heavy atom. The van der Waals surface area contributed by atoms with Crippen molar-refractivity contribution in [2.24, 2.45) is 0 Å². The van der Waals surface area contributed by atoms with Crippen LogP contribution in [0.2, 0.25) is 0 Å². The van der Waals surface area contributed by atoms with Crippen molar-refractivity contribution in [2.45, 2.75) is 25.9 Å². The molecule has 3 rings (SSSR count). The molecule has 0 spiro atoms. The molecule has 0 aromatic heterocycles. The normalized spacial score (nSPS) is 22.1. The SMILES string of the molecule is CCOc1ccc(/C=C2\SC(=S)N(C[C@H]3CCCO3)C2=O)cc1OC. The van der Waals surface area contributed by atoms with Crippen molar-refractivity contribution >= 4 is 40.3 Å². The molecule has 134 valence electrons. The second-order valence-corrected chi connectivity index (χ2v) is 7.45. The molecule has 1 aromatic carbocycles. The first-order chi connectivity index (χ1) is 12.1. The Hall–Kier alpha value is -1.57. The van der Waals surface area contributed by atoms with Gasteiger partial charge in [0, 0.05) is 6.61 Å². The Morgan fingerprint density at radius 1 is 1.44 bits per heavy atom. The number of carbonyl (C=O) groups is 1. The molecule has 2 aliphatic rings. The number of ether oxygens (including phenoxy) is 3. The predicted octanol–water partition coefficient (Wildman–Crippen LogP) is 3.47. The summed E-state index contributed by atoms with van der Waals surface area (Å²) >= 11 is 6.71. The Morgan fingerprint density at radius 3 is 2.96 bits per heavy atom. The summed E-state index contributed by atoms with van der Waals surface area (Å²) in [5.41, 5.74) is 0.873. The lowest BCUT2D eigenvalue weighted by atomic mass is 10.1. The molecule has 25 heavy (non-hydrogen) atoms. The number of rotatable bonds is 6. The summed E-state index contributed by atoms with van der Waals surface area (Å²) in [5.74, 6) is 1.27. The van der Waals surface area contributed by atoms with Crippen LogP contribution in [-0.2, 0) is 9.53 Å². The van der Waals surface area contributed by atoms with E-state index in [1.807, 2.05) is 31.2 Å². The molecule has 0 saturated carbocycles. The van der Waals surface area contributed by atoms with Crippen molar-refractivity contribution in [1.29, 1.82) is 0 Å². The average Bonchev–Trinajstić information content (AvgIpc) is 3.21. The fourth-order valence-electron chi connectivity index (χ4n) is 2.85. The van der Waals surface area contributed by atoms with Crippen LogP contribution >= 0.6 is 24.0 Å². The van der Waals surface area contributed by atoms with Gasteiger partial charge in [0.15, 0.2) is 11.5 Å². The minimum atomic E-state index is -0.0571. The maximum Gasteiger partial charge on any atom is 0.266 e. The minimum Gasteiger partial charge on any atom is -0.493 e. The lowest BCUT2D eigenvalue weighted by Crippen LogP contribution is -2.35. The number of hydrogen-bond acceptors (Lipinski definition) is 6. The quantitative estimate of drug-likeness (QED) is 0.557. The van der Waals surface area contributed by atoms with Crippen molar-refractivity contribution in [2.75, 3.05) is 26.9 Å². The summed E-state index contributed by atoms with van der Waals surface area (Å²) in [6, 6.07) is 5.61. The highest BCUT2D eigenvalue weighted by Gasteiger charge is 2.34. The van der Waals surface area contributed by atoms with Crippen LogP contribution in [-0.4, -0.2) is 48.1 Å². The Kier molecular flexibility index (Phi) is 5.98. The summed E-state index contributed by atoms with van der Waals surface area (Å²) in [7, 11) is 1.60. The van der Waals surface area contributed by atoms with Crippen molar-refractivity contribution in [3.63, 3.8) is 0 Å². The summed E-state index contributed by atoms with van der Waals surface area (Å²) in [6.45, 7) is 3.79. The lowest BCUT2D eigenvalue weighted by molar-refractivity contribution is -0.123. The third kappa shape index (κ3) is 4.16. The molecule has 7 heteroatoms. The fraction of sp³-hybridized carbons (Fsp3) is 0.444. The zero-order valence-corrected chi connectivity index (χ0v) is 16.0. The first kappa shape index (κ1) is 18.2. The number of nitrogens with zero attached hydrogens (tertiary/aromatic N) is 1. The molecule has 0 bridgehead atoms. The van der Waals surface area contributed by atoms with Gasteiger partial charge in [-0.3, -0.25) is 9.69 Å². The summed E-state index contributed by atoms with van der Waals surface area (Å²) in [4.78, 5) is 14.9. The molecule has 0 N–H and O–H groups in total. The predicted molar refractivity (Wildman–Crippen MR) is 103 cm³/mol. The van der Waals surface area contributed by atoms with Gasteiger partial charge in [0.05, 0.1) is 31.3 Å². The number of thioether (sulfide) groups is 1. The van der Waals surface area contributed by atoms with Crippen LogP contribution in [0.3, 0.4) is 0 Å². The van der Waals surface area contributed by atoms with Gasteiger partial charge >= 0.3 is 0 Å². The first-order valence-corrected chi connectivity index (χ1v) is 9.52.